The second-order valence-electron chi connectivity index (χ2n) is 6.20. The summed E-state index contributed by atoms with van der Waals surface area (Å²) in [6, 6.07) is 0. The van der Waals surface area contributed by atoms with Crippen LogP contribution in [0.1, 0.15) is 98.3 Å². The van der Waals surface area contributed by atoms with Crippen LogP contribution in [-0.4, -0.2) is 6.10 Å². The Kier molecular flexibility index (Phi) is 10.8. The van der Waals surface area contributed by atoms with Crippen molar-refractivity contribution in [3.8, 4) is 0 Å². The van der Waals surface area contributed by atoms with Gasteiger partial charge < -0.3 is 0 Å². The largest absolute Gasteiger partial charge is 0.233 e. The first-order chi connectivity index (χ1) is 8.60. The molecule has 0 aliphatic carbocycles. The molecule has 109 valence electrons. The molecule has 0 heterocycles. The first-order valence-electron chi connectivity index (χ1n) is 8.26. The fraction of sp³-hybridized carbons (Fsp3) is 1.00. The van der Waals surface area contributed by atoms with Gasteiger partial charge in [0.1, 0.15) is 0 Å². The molecule has 1 unspecified atom stereocenters. The predicted octanol–water partition coefficient (Wildman–Crippen LogP) is 6.14. The van der Waals surface area contributed by atoms with E-state index < -0.39 is 0 Å². The van der Waals surface area contributed by atoms with Gasteiger partial charge in [0.2, 0.25) is 0 Å². The zero-order chi connectivity index (χ0) is 13.9. The smallest absolute Gasteiger partial charge is 0.0983 e. The summed E-state index contributed by atoms with van der Waals surface area (Å²) < 4.78 is 0. The van der Waals surface area contributed by atoms with Gasteiger partial charge in [-0.1, -0.05) is 79.1 Å². The highest BCUT2D eigenvalue weighted by Gasteiger charge is 2.32. The molecule has 0 spiro atoms. The first-order valence-corrected chi connectivity index (χ1v) is 8.26. The molecule has 0 aromatic carbocycles. The lowest BCUT2D eigenvalue weighted by atomic mass is 9.74. The van der Waals surface area contributed by atoms with Gasteiger partial charge in [-0.25, -0.2) is 5.11 Å². The molecule has 0 N–H and O–H groups in total. The van der Waals surface area contributed by atoms with Crippen LogP contribution in [0.4, 0.5) is 0 Å². The van der Waals surface area contributed by atoms with Gasteiger partial charge in [-0.05, 0) is 24.7 Å². The highest BCUT2D eigenvalue weighted by Crippen LogP contribution is 2.36. The highest BCUT2D eigenvalue weighted by atomic mass is 16.3. The molecule has 0 saturated carbocycles. The maximum Gasteiger partial charge on any atom is 0.0983 e. The summed E-state index contributed by atoms with van der Waals surface area (Å²) in [7, 11) is 0. The van der Waals surface area contributed by atoms with Crippen molar-refractivity contribution in [2.24, 2.45) is 5.41 Å². The zero-order valence-corrected chi connectivity index (χ0v) is 13.3. The fourth-order valence-corrected chi connectivity index (χ4v) is 2.71. The average Bonchev–Trinajstić information content (AvgIpc) is 2.38. The summed E-state index contributed by atoms with van der Waals surface area (Å²) in [5.41, 5.74) is 0.0538. The topological polar surface area (TPSA) is 19.9 Å². The summed E-state index contributed by atoms with van der Waals surface area (Å²) in [6.07, 6.45) is 12.6. The van der Waals surface area contributed by atoms with Crippen LogP contribution in [0.5, 0.6) is 0 Å². The van der Waals surface area contributed by atoms with E-state index in [1.54, 1.807) is 0 Å². The van der Waals surface area contributed by atoms with Crippen LogP contribution in [0.25, 0.3) is 0 Å². The molecular weight excluding hydrogens is 220 g/mol. The molecule has 1 heteroatoms. The second kappa shape index (κ2) is 10.8. The molecule has 0 aromatic heterocycles. The Morgan fingerprint density at radius 1 is 0.778 bits per heavy atom. The van der Waals surface area contributed by atoms with E-state index in [2.05, 4.69) is 27.7 Å². The van der Waals surface area contributed by atoms with Crippen molar-refractivity contribution in [2.75, 3.05) is 0 Å². The quantitative estimate of drug-likeness (QED) is 0.373. The van der Waals surface area contributed by atoms with Crippen LogP contribution < -0.4 is 0 Å². The maximum absolute atomic E-state index is 12.5. The fourth-order valence-electron chi connectivity index (χ4n) is 2.71. The summed E-state index contributed by atoms with van der Waals surface area (Å²) in [5, 5.41) is 12.5. The molecule has 0 amide bonds. The van der Waals surface area contributed by atoms with Gasteiger partial charge in [0.05, 0.1) is 6.10 Å². The lowest BCUT2D eigenvalue weighted by Gasteiger charge is -2.33. The third kappa shape index (κ3) is 7.41. The Morgan fingerprint density at radius 3 is 1.72 bits per heavy atom. The van der Waals surface area contributed by atoms with Gasteiger partial charge in [-0.15, -0.1) is 0 Å². The van der Waals surface area contributed by atoms with Crippen LogP contribution in [-0.2, 0) is 5.11 Å². The Morgan fingerprint density at radius 2 is 1.28 bits per heavy atom. The second-order valence-corrected chi connectivity index (χ2v) is 6.20. The van der Waals surface area contributed by atoms with Crippen molar-refractivity contribution in [3.05, 3.63) is 0 Å². The van der Waals surface area contributed by atoms with Gasteiger partial charge >= 0.3 is 0 Å². The van der Waals surface area contributed by atoms with Crippen LogP contribution in [0, 0.1) is 5.41 Å². The van der Waals surface area contributed by atoms with Crippen molar-refractivity contribution < 1.29 is 5.11 Å². The lowest BCUT2D eigenvalue weighted by Crippen LogP contribution is -2.31. The molecule has 18 heavy (non-hydrogen) atoms. The third-order valence-electron chi connectivity index (χ3n) is 4.30. The van der Waals surface area contributed by atoms with Gasteiger partial charge in [-0.2, -0.15) is 0 Å². The molecule has 1 nitrogen and oxygen atoms in total. The standard InChI is InChI=1S/C17H35O/c1-5-8-11-12-13-16(18)17(4,14-9-6-2)15-10-7-3/h16H,5-15H2,1-4H3. The van der Waals surface area contributed by atoms with E-state index in [4.69, 9.17) is 0 Å². The van der Waals surface area contributed by atoms with E-state index in [0.29, 0.717) is 0 Å². The lowest BCUT2D eigenvalue weighted by molar-refractivity contribution is -0.0375. The first kappa shape index (κ1) is 18.0. The van der Waals surface area contributed by atoms with E-state index in [9.17, 15) is 5.11 Å². The van der Waals surface area contributed by atoms with Crippen LogP contribution >= 0.6 is 0 Å². The molecule has 0 rings (SSSR count). The summed E-state index contributed by atoms with van der Waals surface area (Å²) in [5.74, 6) is 0. The van der Waals surface area contributed by atoms with Gasteiger partial charge in [-0.3, -0.25) is 0 Å². The number of hydrogen-bond donors (Lipinski definition) is 0. The molecule has 0 aliphatic rings. The van der Waals surface area contributed by atoms with Gasteiger partial charge in [0.25, 0.3) is 0 Å². The molecule has 1 atom stereocenters. The molecule has 0 aromatic rings. The summed E-state index contributed by atoms with van der Waals surface area (Å²) >= 11 is 0. The SMILES string of the molecule is CCCCCCC([O])C(C)(CCCC)CCCC. The predicted molar refractivity (Wildman–Crippen MR) is 80.4 cm³/mol. The van der Waals surface area contributed by atoms with Gasteiger partial charge in [0, 0.05) is 0 Å². The van der Waals surface area contributed by atoms with Crippen LogP contribution in [0.15, 0.2) is 0 Å². The van der Waals surface area contributed by atoms with Gasteiger partial charge in [0.15, 0.2) is 0 Å². The molecule has 0 fully saturated rings. The molecular formula is C17H35O. The third-order valence-corrected chi connectivity index (χ3v) is 4.30. The number of rotatable bonds is 12. The maximum atomic E-state index is 12.5. The van der Waals surface area contributed by atoms with Crippen molar-refractivity contribution >= 4 is 0 Å². The molecule has 0 aliphatic heterocycles. The summed E-state index contributed by atoms with van der Waals surface area (Å²) in [6.45, 7) is 8.92. The number of unbranched alkanes of at least 4 members (excludes halogenated alkanes) is 5. The van der Waals surface area contributed by atoms with Crippen molar-refractivity contribution in [1.82, 2.24) is 0 Å². The van der Waals surface area contributed by atoms with E-state index in [1.807, 2.05) is 0 Å². The molecule has 0 bridgehead atoms. The van der Waals surface area contributed by atoms with Crippen LogP contribution in [0.3, 0.4) is 0 Å². The summed E-state index contributed by atoms with van der Waals surface area (Å²) in [4.78, 5) is 0. The van der Waals surface area contributed by atoms with E-state index >= 15 is 0 Å². The normalized spacial score (nSPS) is 13.8. The van der Waals surface area contributed by atoms with Crippen molar-refractivity contribution in [1.29, 1.82) is 0 Å². The van der Waals surface area contributed by atoms with Crippen molar-refractivity contribution in [2.45, 2.75) is 104 Å². The Labute approximate surface area is 115 Å². The Bertz CT molecular complexity index is 168. The Hall–Kier alpha value is -0.0400. The molecule has 0 saturated heterocycles. The Balaban J connectivity index is 4.15. The minimum Gasteiger partial charge on any atom is -0.233 e. The van der Waals surface area contributed by atoms with E-state index in [-0.39, 0.29) is 11.5 Å². The van der Waals surface area contributed by atoms with E-state index in [0.717, 1.165) is 25.7 Å². The van der Waals surface area contributed by atoms with E-state index in [1.165, 1.54) is 44.9 Å². The zero-order valence-electron chi connectivity index (χ0n) is 13.3. The minimum absolute atomic E-state index is 0.0538. The highest BCUT2D eigenvalue weighted by molar-refractivity contribution is 4.82. The minimum atomic E-state index is -0.340. The number of hydrogen-bond acceptors (Lipinski definition) is 0. The average molecular weight is 255 g/mol. The van der Waals surface area contributed by atoms with Crippen LogP contribution in [0.2, 0.25) is 0 Å². The monoisotopic (exact) mass is 255 g/mol. The molecule has 1 radical (unpaired) electrons. The van der Waals surface area contributed by atoms with Crippen molar-refractivity contribution in [3.63, 3.8) is 0 Å².